The lowest BCUT2D eigenvalue weighted by atomic mass is 10.3. The Labute approximate surface area is 119 Å². The molecule has 2 rings (SSSR count). The van der Waals surface area contributed by atoms with Crippen molar-refractivity contribution in [3.8, 4) is 5.75 Å². The summed E-state index contributed by atoms with van der Waals surface area (Å²) < 4.78 is 0.858. The van der Waals surface area contributed by atoms with E-state index in [-0.39, 0.29) is 24.1 Å². The molecule has 0 atom stereocenters. The van der Waals surface area contributed by atoms with E-state index in [9.17, 15) is 5.11 Å². The van der Waals surface area contributed by atoms with Gasteiger partial charge in [0.2, 0.25) is 5.95 Å². The number of rotatable bonds is 2. The van der Waals surface area contributed by atoms with Crippen LogP contribution in [0.15, 0.2) is 28.7 Å². The van der Waals surface area contributed by atoms with Gasteiger partial charge in [-0.05, 0) is 25.1 Å². The van der Waals surface area contributed by atoms with Crippen LogP contribution in [0.2, 0.25) is 0 Å². The van der Waals surface area contributed by atoms with E-state index in [0.29, 0.717) is 11.5 Å². The summed E-state index contributed by atoms with van der Waals surface area (Å²) in [5.74, 6) is 0.883. The van der Waals surface area contributed by atoms with Crippen LogP contribution in [0.25, 0.3) is 0 Å². The third-order valence-electron chi connectivity index (χ3n) is 2.09. The molecule has 0 spiro atoms. The van der Waals surface area contributed by atoms with Gasteiger partial charge in [0.05, 0.1) is 5.69 Å². The summed E-state index contributed by atoms with van der Waals surface area (Å²) in [6.07, 6.45) is 0. The first-order chi connectivity index (χ1) is 8.04. The lowest BCUT2D eigenvalue weighted by molar-refractivity contribution is 0.477. The fraction of sp³-hybridized carbons (Fsp3) is 0.0909. The van der Waals surface area contributed by atoms with Crippen molar-refractivity contribution in [2.75, 3.05) is 11.1 Å². The number of nitrogen functional groups attached to an aromatic ring is 1. The van der Waals surface area contributed by atoms with Crippen LogP contribution in [-0.2, 0) is 0 Å². The van der Waals surface area contributed by atoms with E-state index in [0.717, 1.165) is 10.2 Å². The topological polar surface area (TPSA) is 84.1 Å². The Morgan fingerprint density at radius 2 is 2.00 bits per heavy atom. The predicted octanol–water partition coefficient (Wildman–Crippen LogP) is 3.00. The molecule has 0 saturated heterocycles. The Morgan fingerprint density at radius 1 is 1.28 bits per heavy atom. The number of halogens is 2. The summed E-state index contributed by atoms with van der Waals surface area (Å²) >= 11 is 3.33. The second-order valence-corrected chi connectivity index (χ2v) is 4.45. The first-order valence-corrected chi connectivity index (χ1v) is 5.70. The molecule has 0 aliphatic heterocycles. The number of nitrogens with two attached hydrogens (primary N) is 1. The third-order valence-corrected chi connectivity index (χ3v) is 2.59. The van der Waals surface area contributed by atoms with Gasteiger partial charge >= 0.3 is 0 Å². The van der Waals surface area contributed by atoms with Crippen LogP contribution in [0.1, 0.15) is 5.69 Å². The molecule has 0 aliphatic rings. The van der Waals surface area contributed by atoms with E-state index in [4.69, 9.17) is 5.73 Å². The normalized spacial score (nSPS) is 9.67. The van der Waals surface area contributed by atoms with Gasteiger partial charge in [-0.2, -0.15) is 4.98 Å². The van der Waals surface area contributed by atoms with Crippen LogP contribution >= 0.6 is 28.3 Å². The van der Waals surface area contributed by atoms with Crippen molar-refractivity contribution >= 4 is 45.8 Å². The molecule has 0 fully saturated rings. The van der Waals surface area contributed by atoms with Gasteiger partial charge in [0.25, 0.3) is 0 Å². The van der Waals surface area contributed by atoms with Crippen molar-refractivity contribution in [1.82, 2.24) is 9.97 Å². The summed E-state index contributed by atoms with van der Waals surface area (Å²) in [5, 5.41) is 12.7. The molecule has 1 aromatic carbocycles. The number of phenolic OH excluding ortho intramolecular Hbond substituents is 1. The Hall–Kier alpha value is -1.53. The zero-order chi connectivity index (χ0) is 12.4. The molecular formula is C11H12BrClN4O. The molecule has 2 aromatic rings. The number of hydrogen-bond acceptors (Lipinski definition) is 5. The van der Waals surface area contributed by atoms with Gasteiger partial charge in [0, 0.05) is 16.2 Å². The highest BCUT2D eigenvalue weighted by Gasteiger charge is 2.04. The maximum absolute atomic E-state index is 9.68. The molecular weight excluding hydrogens is 320 g/mol. The smallest absolute Gasteiger partial charge is 0.222 e. The summed E-state index contributed by atoms with van der Waals surface area (Å²) in [6.45, 7) is 1.82. The molecule has 5 nitrogen and oxygen atoms in total. The van der Waals surface area contributed by atoms with Crippen LogP contribution in [0.4, 0.5) is 17.5 Å². The van der Waals surface area contributed by atoms with Gasteiger partial charge in [-0.25, -0.2) is 4.98 Å². The molecule has 0 amide bonds. The first-order valence-electron chi connectivity index (χ1n) is 4.91. The largest absolute Gasteiger partial charge is 0.506 e. The minimum absolute atomic E-state index is 0. The molecule has 96 valence electrons. The molecule has 4 N–H and O–H groups in total. The molecule has 7 heteroatoms. The van der Waals surface area contributed by atoms with Gasteiger partial charge in [-0.3, -0.25) is 0 Å². The first kappa shape index (κ1) is 14.5. The van der Waals surface area contributed by atoms with Crippen LogP contribution in [-0.4, -0.2) is 15.1 Å². The summed E-state index contributed by atoms with van der Waals surface area (Å²) in [4.78, 5) is 8.00. The lowest BCUT2D eigenvalue weighted by Crippen LogP contribution is -2.01. The summed E-state index contributed by atoms with van der Waals surface area (Å²) in [5.41, 5.74) is 6.86. The van der Waals surface area contributed by atoms with Crippen molar-refractivity contribution < 1.29 is 5.11 Å². The Balaban J connectivity index is 0.00000162. The highest BCUT2D eigenvalue weighted by Crippen LogP contribution is 2.29. The van der Waals surface area contributed by atoms with Crippen LogP contribution in [0.3, 0.4) is 0 Å². The van der Waals surface area contributed by atoms with E-state index in [1.54, 1.807) is 24.3 Å². The fourth-order valence-corrected chi connectivity index (χ4v) is 1.76. The molecule has 0 aliphatic carbocycles. The molecule has 18 heavy (non-hydrogen) atoms. The third kappa shape index (κ3) is 3.48. The highest BCUT2D eigenvalue weighted by atomic mass is 79.9. The number of phenols is 1. The average molecular weight is 332 g/mol. The number of nitrogens with zero attached hydrogens (tertiary/aromatic N) is 2. The minimum atomic E-state index is 0. The maximum atomic E-state index is 9.68. The van der Waals surface area contributed by atoms with E-state index < -0.39 is 0 Å². The molecule has 0 radical (unpaired) electrons. The zero-order valence-corrected chi connectivity index (χ0v) is 11.9. The number of aryl methyl sites for hydroxylation is 1. The summed E-state index contributed by atoms with van der Waals surface area (Å²) in [7, 11) is 0. The highest BCUT2D eigenvalue weighted by molar-refractivity contribution is 9.10. The van der Waals surface area contributed by atoms with Crippen molar-refractivity contribution in [3.05, 3.63) is 34.4 Å². The fourth-order valence-electron chi connectivity index (χ4n) is 1.40. The predicted molar refractivity (Wildman–Crippen MR) is 77.5 cm³/mol. The number of hydrogen-bond donors (Lipinski definition) is 3. The number of anilines is 3. The second-order valence-electron chi connectivity index (χ2n) is 3.54. The van der Waals surface area contributed by atoms with Gasteiger partial charge in [0.1, 0.15) is 11.6 Å². The second kappa shape index (κ2) is 5.88. The van der Waals surface area contributed by atoms with Crippen LogP contribution in [0, 0.1) is 6.92 Å². The van der Waals surface area contributed by atoms with Crippen molar-refractivity contribution in [1.29, 1.82) is 0 Å². The van der Waals surface area contributed by atoms with Crippen molar-refractivity contribution in [2.24, 2.45) is 0 Å². The molecule has 1 aromatic heterocycles. The SMILES string of the molecule is Cc1cc(Nc2cc(Br)ccc2O)nc(N)n1.Cl. The van der Waals surface area contributed by atoms with E-state index in [1.165, 1.54) is 0 Å². The molecule has 0 unspecified atom stereocenters. The standard InChI is InChI=1S/C11H11BrN4O.ClH/c1-6-4-10(16-11(13)14-6)15-8-5-7(12)2-3-9(8)17;/h2-5,17H,1H3,(H3,13,14,15,16);1H. The van der Waals surface area contributed by atoms with Gasteiger partial charge in [-0.1, -0.05) is 15.9 Å². The average Bonchev–Trinajstić information content (AvgIpc) is 2.22. The van der Waals surface area contributed by atoms with E-state index in [1.807, 2.05) is 6.92 Å². The summed E-state index contributed by atoms with van der Waals surface area (Å²) in [6, 6.07) is 6.84. The van der Waals surface area contributed by atoms with Crippen LogP contribution in [0.5, 0.6) is 5.75 Å². The van der Waals surface area contributed by atoms with E-state index in [2.05, 4.69) is 31.2 Å². The molecule has 1 heterocycles. The van der Waals surface area contributed by atoms with Gasteiger partial charge in [0.15, 0.2) is 0 Å². The lowest BCUT2D eigenvalue weighted by Gasteiger charge is -2.09. The van der Waals surface area contributed by atoms with Gasteiger partial charge < -0.3 is 16.2 Å². The number of aromatic nitrogens is 2. The van der Waals surface area contributed by atoms with E-state index >= 15 is 0 Å². The number of benzene rings is 1. The Bertz CT molecular complexity index is 544. The number of nitrogens with one attached hydrogen (secondary N) is 1. The molecule has 0 bridgehead atoms. The quantitative estimate of drug-likeness (QED) is 0.737. The minimum Gasteiger partial charge on any atom is -0.506 e. The maximum Gasteiger partial charge on any atom is 0.222 e. The number of aromatic hydroxyl groups is 1. The zero-order valence-electron chi connectivity index (χ0n) is 9.51. The Morgan fingerprint density at radius 3 is 2.67 bits per heavy atom. The van der Waals surface area contributed by atoms with Crippen LogP contribution < -0.4 is 11.1 Å². The molecule has 0 saturated carbocycles. The Kier molecular flexibility index (Phi) is 4.75. The van der Waals surface area contributed by atoms with Crippen molar-refractivity contribution in [3.63, 3.8) is 0 Å². The van der Waals surface area contributed by atoms with Crippen molar-refractivity contribution in [2.45, 2.75) is 6.92 Å². The van der Waals surface area contributed by atoms with Gasteiger partial charge in [-0.15, -0.1) is 12.4 Å². The monoisotopic (exact) mass is 330 g/mol.